The van der Waals surface area contributed by atoms with Crippen LogP contribution in [0.15, 0.2) is 42.5 Å². The number of non-ortho nitro benzene ring substituents is 1. The summed E-state index contributed by atoms with van der Waals surface area (Å²) in [6, 6.07) is 10.4. The van der Waals surface area contributed by atoms with E-state index in [0.29, 0.717) is 18.5 Å². The molecule has 2 aromatic carbocycles. The average Bonchev–Trinajstić information content (AvgIpc) is 2.69. The van der Waals surface area contributed by atoms with Gasteiger partial charge in [0.1, 0.15) is 11.8 Å². The molecule has 0 aromatic heterocycles. The normalized spacial score (nSPS) is 11.5. The Labute approximate surface area is 167 Å². The summed E-state index contributed by atoms with van der Waals surface area (Å²) in [5.74, 6) is -0.957. The zero-order valence-electron chi connectivity index (χ0n) is 16.2. The first-order valence-corrected chi connectivity index (χ1v) is 8.94. The lowest BCUT2D eigenvalue weighted by atomic mass is 10.1. The second-order valence-electron chi connectivity index (χ2n) is 6.45. The molecular formula is C20H23N3O6. The number of amides is 1. The van der Waals surface area contributed by atoms with E-state index in [-0.39, 0.29) is 17.8 Å². The number of benzene rings is 2. The maximum Gasteiger partial charge on any atom is 0.321 e. The molecule has 154 valence electrons. The molecule has 3 N–H and O–H groups in total. The van der Waals surface area contributed by atoms with Crippen molar-refractivity contribution in [1.82, 2.24) is 5.32 Å². The standard InChI is InChI=1S/C20H23N3O6/c1-13-3-6-15(23(27)28)11-17(13)22-19(24)12-18(20(25)26)21-10-9-14-4-7-16(29-2)8-5-14/h3-8,11,18,21H,9-10,12H2,1-2H3,(H,22,24)(H,25,26). The van der Waals surface area contributed by atoms with Crippen LogP contribution in [0.4, 0.5) is 11.4 Å². The number of nitrogens with one attached hydrogen (secondary N) is 2. The Morgan fingerprint density at radius 2 is 1.90 bits per heavy atom. The Balaban J connectivity index is 1.92. The summed E-state index contributed by atoms with van der Waals surface area (Å²) in [5, 5.41) is 25.7. The van der Waals surface area contributed by atoms with Gasteiger partial charge in [-0.25, -0.2) is 0 Å². The lowest BCUT2D eigenvalue weighted by Crippen LogP contribution is -2.40. The van der Waals surface area contributed by atoms with Gasteiger partial charge in [0.25, 0.3) is 5.69 Å². The lowest BCUT2D eigenvalue weighted by molar-refractivity contribution is -0.384. The quantitative estimate of drug-likeness (QED) is 0.412. The fourth-order valence-electron chi connectivity index (χ4n) is 2.67. The van der Waals surface area contributed by atoms with Crippen LogP contribution in [0.25, 0.3) is 0 Å². The smallest absolute Gasteiger partial charge is 0.321 e. The Bertz CT molecular complexity index is 882. The summed E-state index contributed by atoms with van der Waals surface area (Å²) in [6.45, 7) is 2.06. The molecule has 1 unspecified atom stereocenters. The SMILES string of the molecule is COc1ccc(CCNC(CC(=O)Nc2cc([N+](=O)[O-])ccc2C)C(=O)O)cc1. The number of nitrogens with zero attached hydrogens (tertiary/aromatic N) is 1. The Hall–Kier alpha value is -3.46. The molecule has 0 saturated carbocycles. The van der Waals surface area contributed by atoms with Crippen LogP contribution in [0, 0.1) is 17.0 Å². The first-order chi connectivity index (χ1) is 13.8. The summed E-state index contributed by atoms with van der Waals surface area (Å²) in [4.78, 5) is 34.1. The maximum absolute atomic E-state index is 12.3. The Morgan fingerprint density at radius 3 is 2.48 bits per heavy atom. The first-order valence-electron chi connectivity index (χ1n) is 8.94. The average molecular weight is 401 g/mol. The van der Waals surface area contributed by atoms with Crippen molar-refractivity contribution in [2.24, 2.45) is 0 Å². The molecule has 0 radical (unpaired) electrons. The third-order valence-corrected chi connectivity index (χ3v) is 4.36. The number of ether oxygens (including phenoxy) is 1. The highest BCUT2D eigenvalue weighted by Gasteiger charge is 2.21. The fourth-order valence-corrected chi connectivity index (χ4v) is 2.67. The number of aryl methyl sites for hydroxylation is 1. The van der Waals surface area contributed by atoms with Crippen LogP contribution >= 0.6 is 0 Å². The van der Waals surface area contributed by atoms with Gasteiger partial charge in [-0.15, -0.1) is 0 Å². The molecule has 2 rings (SSSR count). The minimum Gasteiger partial charge on any atom is -0.497 e. The number of rotatable bonds is 10. The van der Waals surface area contributed by atoms with Crippen LogP contribution in [0.2, 0.25) is 0 Å². The van der Waals surface area contributed by atoms with Crippen LogP contribution in [-0.2, 0) is 16.0 Å². The van der Waals surface area contributed by atoms with Gasteiger partial charge in [0.05, 0.1) is 24.1 Å². The van der Waals surface area contributed by atoms with Crippen molar-refractivity contribution in [2.45, 2.75) is 25.8 Å². The molecule has 0 aliphatic rings. The number of carbonyl (C=O) groups is 2. The van der Waals surface area contributed by atoms with Crippen molar-refractivity contribution in [2.75, 3.05) is 19.0 Å². The first kappa shape index (κ1) is 21.8. The molecule has 0 saturated heterocycles. The monoisotopic (exact) mass is 401 g/mol. The zero-order valence-corrected chi connectivity index (χ0v) is 16.2. The molecule has 1 amide bonds. The molecule has 2 aromatic rings. The highest BCUT2D eigenvalue weighted by molar-refractivity contribution is 5.94. The van der Waals surface area contributed by atoms with Gasteiger partial charge in [-0.2, -0.15) is 0 Å². The number of hydrogen-bond donors (Lipinski definition) is 3. The highest BCUT2D eigenvalue weighted by Crippen LogP contribution is 2.22. The molecule has 0 spiro atoms. The van der Waals surface area contributed by atoms with Crippen LogP contribution in [-0.4, -0.2) is 41.6 Å². The predicted octanol–water partition coefficient (Wildman–Crippen LogP) is 2.53. The number of nitro groups is 1. The second-order valence-corrected chi connectivity index (χ2v) is 6.45. The Kier molecular flexibility index (Phi) is 7.67. The number of nitro benzene ring substituents is 1. The van der Waals surface area contributed by atoms with Crippen LogP contribution < -0.4 is 15.4 Å². The lowest BCUT2D eigenvalue weighted by Gasteiger charge is -2.15. The number of aliphatic carboxylic acids is 1. The highest BCUT2D eigenvalue weighted by atomic mass is 16.6. The molecule has 29 heavy (non-hydrogen) atoms. The molecule has 0 bridgehead atoms. The fraction of sp³-hybridized carbons (Fsp3) is 0.300. The number of methoxy groups -OCH3 is 1. The van der Waals surface area contributed by atoms with E-state index in [4.69, 9.17) is 4.74 Å². The van der Waals surface area contributed by atoms with Crippen molar-refractivity contribution in [1.29, 1.82) is 0 Å². The van der Waals surface area contributed by atoms with Crippen molar-refractivity contribution >= 4 is 23.3 Å². The van der Waals surface area contributed by atoms with Crippen molar-refractivity contribution in [3.63, 3.8) is 0 Å². The third kappa shape index (κ3) is 6.58. The van der Waals surface area contributed by atoms with Gasteiger partial charge in [0, 0.05) is 12.1 Å². The van der Waals surface area contributed by atoms with Crippen molar-refractivity contribution in [3.8, 4) is 5.75 Å². The van der Waals surface area contributed by atoms with Gasteiger partial charge in [0.2, 0.25) is 5.91 Å². The number of carboxylic acids is 1. The van der Waals surface area contributed by atoms with E-state index in [1.165, 1.54) is 18.2 Å². The van der Waals surface area contributed by atoms with Crippen LogP contribution in [0.1, 0.15) is 17.5 Å². The van der Waals surface area contributed by atoms with E-state index in [9.17, 15) is 24.8 Å². The van der Waals surface area contributed by atoms with Gasteiger partial charge in [-0.05, 0) is 43.1 Å². The molecule has 9 heteroatoms. The van der Waals surface area contributed by atoms with E-state index in [1.54, 1.807) is 14.0 Å². The number of anilines is 1. The van der Waals surface area contributed by atoms with E-state index >= 15 is 0 Å². The Morgan fingerprint density at radius 1 is 1.21 bits per heavy atom. The van der Waals surface area contributed by atoms with E-state index in [1.807, 2.05) is 24.3 Å². The molecular weight excluding hydrogens is 378 g/mol. The van der Waals surface area contributed by atoms with Crippen molar-refractivity contribution in [3.05, 3.63) is 63.7 Å². The molecule has 0 fully saturated rings. The molecule has 0 aliphatic heterocycles. The maximum atomic E-state index is 12.3. The van der Waals surface area contributed by atoms with E-state index in [2.05, 4.69) is 10.6 Å². The van der Waals surface area contributed by atoms with E-state index < -0.39 is 22.8 Å². The van der Waals surface area contributed by atoms with Gasteiger partial charge >= 0.3 is 5.97 Å². The summed E-state index contributed by atoms with van der Waals surface area (Å²) in [5.41, 5.74) is 1.77. The number of carboxylic acid groups (broad SMARTS) is 1. The predicted molar refractivity (Wildman–Crippen MR) is 107 cm³/mol. The van der Waals surface area contributed by atoms with Crippen LogP contribution in [0.5, 0.6) is 5.75 Å². The summed E-state index contributed by atoms with van der Waals surface area (Å²) in [7, 11) is 1.58. The third-order valence-electron chi connectivity index (χ3n) is 4.36. The molecule has 9 nitrogen and oxygen atoms in total. The number of carbonyl (C=O) groups excluding carboxylic acids is 1. The number of hydrogen-bond acceptors (Lipinski definition) is 6. The van der Waals surface area contributed by atoms with E-state index in [0.717, 1.165) is 11.3 Å². The molecule has 0 aliphatic carbocycles. The largest absolute Gasteiger partial charge is 0.497 e. The summed E-state index contributed by atoms with van der Waals surface area (Å²) >= 11 is 0. The molecule has 1 atom stereocenters. The van der Waals surface area contributed by atoms with Crippen LogP contribution in [0.3, 0.4) is 0 Å². The van der Waals surface area contributed by atoms with Gasteiger partial charge in [0.15, 0.2) is 0 Å². The summed E-state index contributed by atoms with van der Waals surface area (Å²) in [6.07, 6.45) is 0.277. The second kappa shape index (κ2) is 10.2. The van der Waals surface area contributed by atoms with Gasteiger partial charge < -0.3 is 20.5 Å². The zero-order chi connectivity index (χ0) is 21.4. The van der Waals surface area contributed by atoms with Gasteiger partial charge in [-0.1, -0.05) is 18.2 Å². The van der Waals surface area contributed by atoms with Gasteiger partial charge in [-0.3, -0.25) is 19.7 Å². The topological polar surface area (TPSA) is 131 Å². The minimum atomic E-state index is -1.15. The minimum absolute atomic E-state index is 0.154. The summed E-state index contributed by atoms with van der Waals surface area (Å²) < 4.78 is 5.09. The van der Waals surface area contributed by atoms with Crippen molar-refractivity contribution < 1.29 is 24.4 Å². The molecule has 0 heterocycles.